The lowest BCUT2D eigenvalue weighted by molar-refractivity contribution is -0.120. The number of hydrogen-bond donors (Lipinski definition) is 3. The summed E-state index contributed by atoms with van der Waals surface area (Å²) in [5, 5.41) is 8.98. The predicted molar refractivity (Wildman–Crippen MR) is 84.1 cm³/mol. The Bertz CT molecular complexity index is 462. The summed E-state index contributed by atoms with van der Waals surface area (Å²) in [6.45, 7) is 5.69. The second-order valence-corrected chi connectivity index (χ2v) is 7.33. The zero-order valence-electron chi connectivity index (χ0n) is 12.8. The monoisotopic (exact) mass is 318 g/mol. The first-order chi connectivity index (χ1) is 9.96. The number of nitrogens with one attached hydrogen (secondary N) is 3. The number of amides is 1. The highest BCUT2D eigenvalue weighted by Gasteiger charge is 2.28. The van der Waals surface area contributed by atoms with Crippen molar-refractivity contribution in [2.75, 3.05) is 31.1 Å². The summed E-state index contributed by atoms with van der Waals surface area (Å²) in [4.78, 5) is 15.8. The van der Waals surface area contributed by atoms with Gasteiger partial charge in [-0.1, -0.05) is 6.92 Å². The Hall–Kier alpha value is -1.31. The van der Waals surface area contributed by atoms with Crippen LogP contribution in [0, 0.1) is 0 Å². The smallest absolute Gasteiger partial charge is 0.221 e. The standard InChI is InChI=1S/C13H26N4O3S/c1-3-7-15-12(18)5-8-16-13(14-4-2)17-11-6-9-21(19,20)10-11/h11H,3-10H2,1-2H3,(H,15,18)(H2,14,16,17). The van der Waals surface area contributed by atoms with E-state index in [0.717, 1.165) is 6.42 Å². The fourth-order valence-electron chi connectivity index (χ4n) is 2.04. The summed E-state index contributed by atoms with van der Waals surface area (Å²) >= 11 is 0. The molecule has 122 valence electrons. The van der Waals surface area contributed by atoms with Crippen molar-refractivity contribution in [3.8, 4) is 0 Å². The number of nitrogens with zero attached hydrogens (tertiary/aromatic N) is 1. The van der Waals surface area contributed by atoms with E-state index in [0.29, 0.717) is 38.4 Å². The summed E-state index contributed by atoms with van der Waals surface area (Å²) in [6.07, 6.45) is 1.85. The van der Waals surface area contributed by atoms with Crippen LogP contribution in [-0.2, 0) is 14.6 Å². The largest absolute Gasteiger partial charge is 0.357 e. The molecule has 1 heterocycles. The number of carbonyl (C=O) groups excluding carboxylic acids is 1. The molecule has 1 aliphatic rings. The van der Waals surface area contributed by atoms with Crippen LogP contribution in [0.1, 0.15) is 33.1 Å². The molecule has 8 heteroatoms. The summed E-state index contributed by atoms with van der Waals surface area (Å²) in [5.74, 6) is 0.931. The van der Waals surface area contributed by atoms with E-state index in [1.54, 1.807) is 0 Å². The minimum atomic E-state index is -2.91. The minimum Gasteiger partial charge on any atom is -0.357 e. The molecule has 0 aromatic carbocycles. The number of guanidine groups is 1. The molecule has 21 heavy (non-hydrogen) atoms. The molecule has 1 rings (SSSR count). The van der Waals surface area contributed by atoms with Gasteiger partial charge in [-0.15, -0.1) is 0 Å². The third kappa shape index (κ3) is 7.31. The molecule has 0 spiro atoms. The molecular formula is C13H26N4O3S. The molecule has 1 aliphatic heterocycles. The van der Waals surface area contributed by atoms with Crippen molar-refractivity contribution in [2.45, 2.75) is 39.2 Å². The maximum absolute atomic E-state index is 11.5. The van der Waals surface area contributed by atoms with E-state index in [2.05, 4.69) is 20.9 Å². The van der Waals surface area contributed by atoms with E-state index in [4.69, 9.17) is 0 Å². The Morgan fingerprint density at radius 3 is 2.62 bits per heavy atom. The maximum atomic E-state index is 11.5. The van der Waals surface area contributed by atoms with E-state index in [-0.39, 0.29) is 23.5 Å². The van der Waals surface area contributed by atoms with Crippen molar-refractivity contribution >= 4 is 21.7 Å². The van der Waals surface area contributed by atoms with Gasteiger partial charge in [-0.3, -0.25) is 9.79 Å². The van der Waals surface area contributed by atoms with Gasteiger partial charge >= 0.3 is 0 Å². The van der Waals surface area contributed by atoms with Crippen LogP contribution in [-0.4, -0.2) is 57.5 Å². The van der Waals surface area contributed by atoms with Crippen molar-refractivity contribution in [2.24, 2.45) is 4.99 Å². The van der Waals surface area contributed by atoms with E-state index in [1.165, 1.54) is 0 Å². The predicted octanol–water partition coefficient (Wildman–Crippen LogP) is -0.355. The Morgan fingerprint density at radius 1 is 1.29 bits per heavy atom. The van der Waals surface area contributed by atoms with Crippen molar-refractivity contribution in [1.82, 2.24) is 16.0 Å². The number of rotatable bonds is 7. The topological polar surface area (TPSA) is 99.7 Å². The first-order valence-corrected chi connectivity index (χ1v) is 9.31. The van der Waals surface area contributed by atoms with Gasteiger partial charge in [-0.05, 0) is 19.8 Å². The molecule has 1 fully saturated rings. The lowest BCUT2D eigenvalue weighted by atomic mass is 10.3. The molecule has 0 aromatic rings. The van der Waals surface area contributed by atoms with Gasteiger partial charge in [0.05, 0.1) is 18.1 Å². The molecule has 7 nitrogen and oxygen atoms in total. The molecule has 1 unspecified atom stereocenters. The summed E-state index contributed by atoms with van der Waals surface area (Å²) in [7, 11) is -2.91. The average Bonchev–Trinajstić information content (AvgIpc) is 2.75. The lowest BCUT2D eigenvalue weighted by Crippen LogP contribution is -2.44. The van der Waals surface area contributed by atoms with Gasteiger partial charge in [0.2, 0.25) is 5.91 Å². The van der Waals surface area contributed by atoms with Crippen LogP contribution >= 0.6 is 0 Å². The zero-order chi connectivity index (χ0) is 15.7. The van der Waals surface area contributed by atoms with E-state index >= 15 is 0 Å². The van der Waals surface area contributed by atoms with Gasteiger partial charge in [0.15, 0.2) is 15.8 Å². The van der Waals surface area contributed by atoms with Crippen molar-refractivity contribution < 1.29 is 13.2 Å². The Kier molecular flexibility index (Phi) is 7.49. The van der Waals surface area contributed by atoms with Crippen LogP contribution in [0.5, 0.6) is 0 Å². The summed E-state index contributed by atoms with van der Waals surface area (Å²) in [6, 6.07) is -0.0956. The van der Waals surface area contributed by atoms with E-state index in [9.17, 15) is 13.2 Å². The first-order valence-electron chi connectivity index (χ1n) is 7.48. The molecule has 0 aliphatic carbocycles. The highest BCUT2D eigenvalue weighted by Crippen LogP contribution is 2.10. The van der Waals surface area contributed by atoms with Crippen LogP contribution in [0.15, 0.2) is 4.99 Å². The van der Waals surface area contributed by atoms with Crippen molar-refractivity contribution in [3.05, 3.63) is 0 Å². The number of aliphatic imine (C=N–C) groups is 1. The Labute approximate surface area is 126 Å². The van der Waals surface area contributed by atoms with Gasteiger partial charge in [0.25, 0.3) is 0 Å². The fourth-order valence-corrected chi connectivity index (χ4v) is 3.72. The van der Waals surface area contributed by atoms with Crippen molar-refractivity contribution in [1.29, 1.82) is 0 Å². The number of carbonyl (C=O) groups is 1. The molecule has 1 saturated heterocycles. The molecule has 0 aromatic heterocycles. The third-order valence-electron chi connectivity index (χ3n) is 3.10. The van der Waals surface area contributed by atoms with E-state index in [1.807, 2.05) is 13.8 Å². The van der Waals surface area contributed by atoms with Crippen LogP contribution in [0.3, 0.4) is 0 Å². The maximum Gasteiger partial charge on any atom is 0.221 e. The highest BCUT2D eigenvalue weighted by atomic mass is 32.2. The number of sulfone groups is 1. The quantitative estimate of drug-likeness (QED) is 0.440. The van der Waals surface area contributed by atoms with Crippen molar-refractivity contribution in [3.63, 3.8) is 0 Å². The average molecular weight is 318 g/mol. The normalized spacial score (nSPS) is 21.0. The van der Waals surface area contributed by atoms with Gasteiger partial charge in [0, 0.05) is 25.6 Å². The van der Waals surface area contributed by atoms with Gasteiger partial charge in [-0.25, -0.2) is 8.42 Å². The van der Waals surface area contributed by atoms with Crippen LogP contribution < -0.4 is 16.0 Å². The van der Waals surface area contributed by atoms with Gasteiger partial charge < -0.3 is 16.0 Å². The first kappa shape index (κ1) is 17.7. The highest BCUT2D eigenvalue weighted by molar-refractivity contribution is 7.91. The molecule has 3 N–H and O–H groups in total. The Balaban J connectivity index is 2.41. The molecule has 1 atom stereocenters. The SMILES string of the molecule is CCCNC(=O)CCN=C(NCC)NC1CCS(=O)(=O)C1. The van der Waals surface area contributed by atoms with Gasteiger partial charge in [0.1, 0.15) is 0 Å². The minimum absolute atomic E-state index is 0.0140. The second-order valence-electron chi connectivity index (χ2n) is 5.10. The van der Waals surface area contributed by atoms with E-state index < -0.39 is 9.84 Å². The molecule has 0 bridgehead atoms. The van der Waals surface area contributed by atoms with Crippen LogP contribution in [0.4, 0.5) is 0 Å². The molecule has 0 radical (unpaired) electrons. The molecular weight excluding hydrogens is 292 g/mol. The lowest BCUT2D eigenvalue weighted by Gasteiger charge is -2.15. The van der Waals surface area contributed by atoms with Crippen LogP contribution in [0.25, 0.3) is 0 Å². The zero-order valence-corrected chi connectivity index (χ0v) is 13.6. The third-order valence-corrected chi connectivity index (χ3v) is 4.87. The van der Waals surface area contributed by atoms with Crippen LogP contribution in [0.2, 0.25) is 0 Å². The number of hydrogen-bond acceptors (Lipinski definition) is 4. The van der Waals surface area contributed by atoms with Gasteiger partial charge in [-0.2, -0.15) is 0 Å². The Morgan fingerprint density at radius 2 is 2.05 bits per heavy atom. The fraction of sp³-hybridized carbons (Fsp3) is 0.846. The molecule has 0 saturated carbocycles. The molecule has 1 amide bonds. The summed E-state index contributed by atoms with van der Waals surface area (Å²) in [5.41, 5.74) is 0. The summed E-state index contributed by atoms with van der Waals surface area (Å²) < 4.78 is 22.9. The second kappa shape index (κ2) is 8.86.